The molecule has 1 rings (SSSR count). The maximum Gasteiger partial charge on any atom is 0.302 e. The van der Waals surface area contributed by atoms with Gasteiger partial charge in [-0.15, -0.1) is 0 Å². The molecule has 0 saturated carbocycles. The number of aliphatic imine (C=N–C) groups is 1. The minimum atomic E-state index is -1.43. The molecule has 0 aromatic heterocycles. The fraction of sp³-hybridized carbons (Fsp3) is 0.111. The van der Waals surface area contributed by atoms with Crippen molar-refractivity contribution in [2.24, 2.45) is 4.99 Å². The first kappa shape index (κ1) is 11.3. The highest BCUT2D eigenvalue weighted by Gasteiger charge is 2.14. The van der Waals surface area contributed by atoms with E-state index in [0.29, 0.717) is 10.7 Å². The molecule has 15 heavy (non-hydrogen) atoms. The SMILES string of the molecule is O=CC(C=Nc1ccccc1Cl)[N+](=O)[O-]. The van der Waals surface area contributed by atoms with E-state index in [-0.39, 0.29) is 6.29 Å². The molecule has 0 aliphatic heterocycles. The highest BCUT2D eigenvalue weighted by molar-refractivity contribution is 6.33. The number of rotatable bonds is 4. The van der Waals surface area contributed by atoms with Crippen molar-refractivity contribution in [1.82, 2.24) is 0 Å². The number of carbonyl (C=O) groups is 1. The zero-order valence-electron chi connectivity index (χ0n) is 7.54. The van der Waals surface area contributed by atoms with Gasteiger partial charge in [-0.1, -0.05) is 23.7 Å². The average Bonchev–Trinajstić information content (AvgIpc) is 2.21. The van der Waals surface area contributed by atoms with Gasteiger partial charge in [0.2, 0.25) is 0 Å². The van der Waals surface area contributed by atoms with Gasteiger partial charge in [0.05, 0.1) is 16.9 Å². The first-order chi connectivity index (χ1) is 7.15. The van der Waals surface area contributed by atoms with Gasteiger partial charge >= 0.3 is 6.04 Å². The van der Waals surface area contributed by atoms with Crippen LogP contribution in [0.5, 0.6) is 0 Å². The molecule has 0 amide bonds. The maximum atomic E-state index is 10.3. The van der Waals surface area contributed by atoms with Crippen molar-refractivity contribution < 1.29 is 9.72 Å². The summed E-state index contributed by atoms with van der Waals surface area (Å²) >= 11 is 5.76. The van der Waals surface area contributed by atoms with E-state index in [1.807, 2.05) is 0 Å². The third kappa shape index (κ3) is 3.14. The summed E-state index contributed by atoms with van der Waals surface area (Å²) in [6.07, 6.45) is 1.16. The lowest BCUT2D eigenvalue weighted by Gasteiger charge is -1.97. The van der Waals surface area contributed by atoms with Crippen molar-refractivity contribution in [2.45, 2.75) is 6.04 Å². The predicted octanol–water partition coefficient (Wildman–Crippen LogP) is 1.89. The minimum Gasteiger partial charge on any atom is -0.295 e. The summed E-state index contributed by atoms with van der Waals surface area (Å²) in [7, 11) is 0. The number of hydrogen-bond donors (Lipinski definition) is 0. The van der Waals surface area contributed by atoms with Gasteiger partial charge in [0.15, 0.2) is 6.29 Å². The molecular formula is C9H7ClN2O3. The normalized spacial score (nSPS) is 12.6. The molecule has 0 aliphatic rings. The van der Waals surface area contributed by atoms with Crippen LogP contribution in [0.1, 0.15) is 0 Å². The van der Waals surface area contributed by atoms with Gasteiger partial charge in [-0.25, -0.2) is 0 Å². The molecule has 0 aliphatic carbocycles. The second-order valence-electron chi connectivity index (χ2n) is 2.64. The van der Waals surface area contributed by atoms with Crippen molar-refractivity contribution in [3.8, 4) is 0 Å². The zero-order chi connectivity index (χ0) is 11.3. The van der Waals surface area contributed by atoms with Gasteiger partial charge < -0.3 is 0 Å². The summed E-state index contributed by atoms with van der Waals surface area (Å²) in [4.78, 5) is 23.6. The van der Waals surface area contributed by atoms with Crippen molar-refractivity contribution >= 4 is 29.8 Å². The van der Waals surface area contributed by atoms with Gasteiger partial charge in [0.1, 0.15) is 0 Å². The number of carbonyl (C=O) groups excluding carboxylic acids is 1. The number of nitro groups is 1. The number of benzene rings is 1. The molecule has 78 valence electrons. The van der Waals surface area contributed by atoms with Crippen molar-refractivity contribution in [2.75, 3.05) is 0 Å². The van der Waals surface area contributed by atoms with Crippen LogP contribution in [0.4, 0.5) is 5.69 Å². The van der Waals surface area contributed by atoms with Crippen LogP contribution in [0.15, 0.2) is 29.3 Å². The molecular weight excluding hydrogens is 220 g/mol. The van der Waals surface area contributed by atoms with Crippen LogP contribution in [0.25, 0.3) is 0 Å². The molecule has 1 aromatic carbocycles. The van der Waals surface area contributed by atoms with E-state index in [2.05, 4.69) is 4.99 Å². The van der Waals surface area contributed by atoms with Gasteiger partial charge in [0.25, 0.3) is 0 Å². The first-order valence-corrected chi connectivity index (χ1v) is 4.40. The monoisotopic (exact) mass is 226 g/mol. The van der Waals surface area contributed by atoms with E-state index < -0.39 is 11.0 Å². The smallest absolute Gasteiger partial charge is 0.295 e. The van der Waals surface area contributed by atoms with Crippen LogP contribution < -0.4 is 0 Å². The number of para-hydroxylation sites is 1. The van der Waals surface area contributed by atoms with E-state index in [4.69, 9.17) is 11.6 Å². The van der Waals surface area contributed by atoms with Gasteiger partial charge in [0, 0.05) is 4.92 Å². The third-order valence-corrected chi connectivity index (χ3v) is 1.92. The summed E-state index contributed by atoms with van der Waals surface area (Å²) in [5.41, 5.74) is 0.396. The van der Waals surface area contributed by atoms with E-state index >= 15 is 0 Å². The van der Waals surface area contributed by atoms with Gasteiger partial charge in [-0.05, 0) is 12.1 Å². The Bertz CT molecular complexity index is 406. The second kappa shape index (κ2) is 5.21. The average molecular weight is 227 g/mol. The fourth-order valence-electron chi connectivity index (χ4n) is 0.852. The molecule has 0 fully saturated rings. The number of nitrogens with zero attached hydrogens (tertiary/aromatic N) is 2. The van der Waals surface area contributed by atoms with Crippen LogP contribution in [0, 0.1) is 10.1 Å². The summed E-state index contributed by atoms with van der Waals surface area (Å²) < 4.78 is 0. The van der Waals surface area contributed by atoms with E-state index in [1.54, 1.807) is 24.3 Å². The van der Waals surface area contributed by atoms with Crippen LogP contribution in [0.2, 0.25) is 5.02 Å². The second-order valence-corrected chi connectivity index (χ2v) is 3.05. The lowest BCUT2D eigenvalue weighted by Crippen LogP contribution is -2.22. The van der Waals surface area contributed by atoms with E-state index in [1.165, 1.54) is 0 Å². The van der Waals surface area contributed by atoms with Crippen LogP contribution in [0.3, 0.4) is 0 Å². The topological polar surface area (TPSA) is 72.6 Å². The van der Waals surface area contributed by atoms with Crippen molar-refractivity contribution in [3.63, 3.8) is 0 Å². The number of halogens is 1. The molecule has 1 unspecified atom stereocenters. The molecule has 0 heterocycles. The highest BCUT2D eigenvalue weighted by Crippen LogP contribution is 2.23. The Balaban J connectivity index is 2.85. The Morgan fingerprint density at radius 3 is 2.67 bits per heavy atom. The molecule has 1 aromatic rings. The minimum absolute atomic E-state index is 0.209. The van der Waals surface area contributed by atoms with E-state index in [9.17, 15) is 14.9 Å². The number of aldehydes is 1. The Morgan fingerprint density at radius 1 is 1.47 bits per heavy atom. The number of hydrogen-bond acceptors (Lipinski definition) is 4. The third-order valence-electron chi connectivity index (χ3n) is 1.60. The van der Waals surface area contributed by atoms with Crippen LogP contribution in [-0.2, 0) is 4.79 Å². The molecule has 0 saturated heterocycles. The molecule has 0 radical (unpaired) electrons. The Hall–Kier alpha value is -1.75. The fourth-order valence-corrected chi connectivity index (χ4v) is 1.04. The summed E-state index contributed by atoms with van der Waals surface area (Å²) in [5.74, 6) is 0. The molecule has 6 heteroatoms. The molecule has 5 nitrogen and oxygen atoms in total. The Morgan fingerprint density at radius 2 is 2.13 bits per heavy atom. The van der Waals surface area contributed by atoms with Crippen molar-refractivity contribution in [1.29, 1.82) is 0 Å². The lowest BCUT2D eigenvalue weighted by molar-refractivity contribution is -0.485. The van der Waals surface area contributed by atoms with E-state index in [0.717, 1.165) is 6.21 Å². The summed E-state index contributed by atoms with van der Waals surface area (Å²) in [6.45, 7) is 0. The summed E-state index contributed by atoms with van der Waals surface area (Å²) in [6, 6.07) is 5.19. The highest BCUT2D eigenvalue weighted by atomic mass is 35.5. The summed E-state index contributed by atoms with van der Waals surface area (Å²) in [5, 5.41) is 10.7. The van der Waals surface area contributed by atoms with Crippen molar-refractivity contribution in [3.05, 3.63) is 39.4 Å². The lowest BCUT2D eigenvalue weighted by atomic mass is 10.3. The largest absolute Gasteiger partial charge is 0.302 e. The Kier molecular flexibility index (Phi) is 3.93. The molecule has 0 bridgehead atoms. The molecule has 1 atom stereocenters. The van der Waals surface area contributed by atoms with Gasteiger partial charge in [-0.2, -0.15) is 0 Å². The molecule has 0 spiro atoms. The quantitative estimate of drug-likeness (QED) is 0.341. The first-order valence-electron chi connectivity index (χ1n) is 4.02. The van der Waals surface area contributed by atoms with Gasteiger partial charge in [-0.3, -0.25) is 19.9 Å². The van der Waals surface area contributed by atoms with Crippen LogP contribution >= 0.6 is 11.6 Å². The zero-order valence-corrected chi connectivity index (χ0v) is 8.29. The molecule has 0 N–H and O–H groups in total. The standard InChI is InChI=1S/C9H7ClN2O3/c10-8-3-1-2-4-9(8)11-5-7(6-13)12(14)15/h1-7H. The van der Waals surface area contributed by atoms with Crippen LogP contribution in [-0.4, -0.2) is 23.5 Å². The Labute approximate surface area is 90.5 Å². The maximum absolute atomic E-state index is 10.3. The predicted molar refractivity (Wildman–Crippen MR) is 56.5 cm³/mol.